The molecule has 1 aliphatic carbocycles. The van der Waals surface area contributed by atoms with Gasteiger partial charge in [-0.05, 0) is 25.3 Å². The van der Waals surface area contributed by atoms with Gasteiger partial charge in [-0.15, -0.1) is 0 Å². The van der Waals surface area contributed by atoms with E-state index in [0.717, 1.165) is 19.0 Å². The van der Waals surface area contributed by atoms with E-state index >= 15 is 0 Å². The van der Waals surface area contributed by atoms with E-state index in [-0.39, 0.29) is 0 Å². The van der Waals surface area contributed by atoms with Crippen molar-refractivity contribution >= 4 is 0 Å². The third-order valence-corrected chi connectivity index (χ3v) is 2.78. The largest absolute Gasteiger partial charge is 0.338 e. The van der Waals surface area contributed by atoms with E-state index in [2.05, 4.69) is 28.8 Å². The molecule has 0 spiro atoms. The number of rotatable bonds is 5. The predicted molar refractivity (Wildman–Crippen MR) is 57.1 cm³/mol. The van der Waals surface area contributed by atoms with Crippen LogP contribution in [0.25, 0.3) is 0 Å². The van der Waals surface area contributed by atoms with Crippen molar-refractivity contribution in [1.82, 2.24) is 14.9 Å². The molecule has 3 nitrogen and oxygen atoms in total. The molecule has 1 N–H and O–H groups in total. The minimum absolute atomic E-state index is 0.678. The second kappa shape index (κ2) is 4.13. The van der Waals surface area contributed by atoms with Crippen LogP contribution in [0.1, 0.15) is 25.6 Å². The summed E-state index contributed by atoms with van der Waals surface area (Å²) in [6.45, 7) is 3.40. The maximum Gasteiger partial charge on any atom is 0.108 e. The van der Waals surface area contributed by atoms with Crippen molar-refractivity contribution in [2.45, 2.75) is 32.2 Å². The molecule has 0 bridgehead atoms. The summed E-state index contributed by atoms with van der Waals surface area (Å²) in [6, 6.07) is 0.818. The molecular formula is C11H19N3. The van der Waals surface area contributed by atoms with Gasteiger partial charge >= 0.3 is 0 Å². The summed E-state index contributed by atoms with van der Waals surface area (Å²) in [5.41, 5.74) is 0. The highest BCUT2D eigenvalue weighted by atomic mass is 15.0. The zero-order chi connectivity index (χ0) is 9.97. The van der Waals surface area contributed by atoms with Crippen LogP contribution in [-0.2, 0) is 13.5 Å². The Hall–Kier alpha value is -0.830. The second-order valence-electron chi connectivity index (χ2n) is 4.45. The fourth-order valence-corrected chi connectivity index (χ4v) is 1.63. The van der Waals surface area contributed by atoms with Gasteiger partial charge in [0.25, 0.3) is 0 Å². The molecule has 0 aromatic carbocycles. The molecule has 78 valence electrons. The first kappa shape index (κ1) is 9.71. The van der Waals surface area contributed by atoms with E-state index in [0.29, 0.717) is 5.92 Å². The summed E-state index contributed by atoms with van der Waals surface area (Å²) in [5, 5.41) is 3.55. The monoisotopic (exact) mass is 193 g/mol. The fourth-order valence-electron chi connectivity index (χ4n) is 1.63. The topological polar surface area (TPSA) is 29.9 Å². The lowest BCUT2D eigenvalue weighted by atomic mass is 10.1. The van der Waals surface area contributed by atoms with Crippen molar-refractivity contribution in [2.75, 3.05) is 6.54 Å². The van der Waals surface area contributed by atoms with Crippen LogP contribution in [-0.4, -0.2) is 22.1 Å². The first-order valence-electron chi connectivity index (χ1n) is 5.45. The molecule has 14 heavy (non-hydrogen) atoms. The highest BCUT2D eigenvalue weighted by molar-refractivity contribution is 4.93. The van der Waals surface area contributed by atoms with Gasteiger partial charge in [-0.3, -0.25) is 0 Å². The van der Waals surface area contributed by atoms with Crippen molar-refractivity contribution in [3.05, 3.63) is 18.2 Å². The van der Waals surface area contributed by atoms with Crippen LogP contribution in [0.3, 0.4) is 0 Å². The molecule has 1 atom stereocenters. The standard InChI is InChI=1S/C11H19N3/c1-9(8-13-10-3-4-10)7-11-12-5-6-14(11)2/h5-6,9-10,13H,3-4,7-8H2,1-2H3. The van der Waals surface area contributed by atoms with Crippen molar-refractivity contribution in [1.29, 1.82) is 0 Å². The van der Waals surface area contributed by atoms with Gasteiger partial charge < -0.3 is 9.88 Å². The third kappa shape index (κ3) is 2.58. The minimum Gasteiger partial charge on any atom is -0.338 e. The van der Waals surface area contributed by atoms with Gasteiger partial charge in [-0.25, -0.2) is 4.98 Å². The summed E-state index contributed by atoms with van der Waals surface area (Å²) in [4.78, 5) is 4.33. The number of nitrogens with one attached hydrogen (secondary N) is 1. The molecular weight excluding hydrogens is 174 g/mol. The van der Waals surface area contributed by atoms with Gasteiger partial charge in [0.15, 0.2) is 0 Å². The predicted octanol–water partition coefficient (Wildman–Crippen LogP) is 1.35. The summed E-state index contributed by atoms with van der Waals surface area (Å²) < 4.78 is 2.10. The SMILES string of the molecule is CC(CNC1CC1)Cc1nccn1C. The second-order valence-corrected chi connectivity index (χ2v) is 4.45. The van der Waals surface area contributed by atoms with Gasteiger partial charge in [-0.2, -0.15) is 0 Å². The maximum absolute atomic E-state index is 4.33. The molecule has 0 radical (unpaired) electrons. The van der Waals surface area contributed by atoms with Gasteiger partial charge in [0.2, 0.25) is 0 Å². The van der Waals surface area contributed by atoms with Crippen LogP contribution in [0.4, 0.5) is 0 Å². The normalized spacial score (nSPS) is 18.4. The molecule has 1 aliphatic rings. The van der Waals surface area contributed by atoms with Crippen LogP contribution in [0, 0.1) is 5.92 Å². The molecule has 3 heteroatoms. The average Bonchev–Trinajstić information content (AvgIpc) is 2.90. The molecule has 0 aliphatic heterocycles. The summed E-state index contributed by atoms with van der Waals surface area (Å²) in [6.07, 6.45) is 7.69. The van der Waals surface area contributed by atoms with Crippen molar-refractivity contribution in [3.63, 3.8) is 0 Å². The number of imidazole rings is 1. The van der Waals surface area contributed by atoms with E-state index in [4.69, 9.17) is 0 Å². The van der Waals surface area contributed by atoms with E-state index in [1.54, 1.807) is 0 Å². The van der Waals surface area contributed by atoms with E-state index in [1.807, 2.05) is 12.4 Å². The Balaban J connectivity index is 1.75. The number of hydrogen-bond donors (Lipinski definition) is 1. The van der Waals surface area contributed by atoms with Crippen LogP contribution in [0.15, 0.2) is 12.4 Å². The Morgan fingerprint density at radius 3 is 3.00 bits per heavy atom. The van der Waals surface area contributed by atoms with Crippen LogP contribution >= 0.6 is 0 Å². The van der Waals surface area contributed by atoms with E-state index < -0.39 is 0 Å². The molecule has 1 aromatic heterocycles. The smallest absolute Gasteiger partial charge is 0.108 e. The Morgan fingerprint density at radius 2 is 2.43 bits per heavy atom. The van der Waals surface area contributed by atoms with Crippen molar-refractivity contribution < 1.29 is 0 Å². The maximum atomic E-state index is 4.33. The first-order chi connectivity index (χ1) is 6.75. The Bertz CT molecular complexity index is 288. The third-order valence-electron chi connectivity index (χ3n) is 2.78. The molecule has 1 aromatic rings. The van der Waals surface area contributed by atoms with Crippen LogP contribution < -0.4 is 5.32 Å². The molecule has 1 fully saturated rings. The van der Waals surface area contributed by atoms with Gasteiger partial charge in [0, 0.05) is 31.9 Å². The zero-order valence-electron chi connectivity index (χ0n) is 9.03. The van der Waals surface area contributed by atoms with Crippen LogP contribution in [0.5, 0.6) is 0 Å². The Kier molecular flexibility index (Phi) is 2.87. The molecule has 0 saturated heterocycles. The first-order valence-corrected chi connectivity index (χ1v) is 5.45. The minimum atomic E-state index is 0.678. The van der Waals surface area contributed by atoms with E-state index in [9.17, 15) is 0 Å². The average molecular weight is 193 g/mol. The summed E-state index contributed by atoms with van der Waals surface area (Å²) in [5.74, 6) is 1.87. The highest BCUT2D eigenvalue weighted by Crippen LogP contribution is 2.19. The summed E-state index contributed by atoms with van der Waals surface area (Å²) in [7, 11) is 2.06. The Labute approximate surface area is 85.5 Å². The van der Waals surface area contributed by atoms with Crippen molar-refractivity contribution in [3.8, 4) is 0 Å². The number of aromatic nitrogens is 2. The van der Waals surface area contributed by atoms with Gasteiger partial charge in [-0.1, -0.05) is 6.92 Å². The van der Waals surface area contributed by atoms with Crippen LogP contribution in [0.2, 0.25) is 0 Å². The lowest BCUT2D eigenvalue weighted by Crippen LogP contribution is -2.24. The summed E-state index contributed by atoms with van der Waals surface area (Å²) >= 11 is 0. The molecule has 2 rings (SSSR count). The van der Waals surface area contributed by atoms with Crippen molar-refractivity contribution in [2.24, 2.45) is 13.0 Å². The molecule has 1 saturated carbocycles. The van der Waals surface area contributed by atoms with E-state index in [1.165, 1.54) is 18.7 Å². The fraction of sp³-hybridized carbons (Fsp3) is 0.727. The highest BCUT2D eigenvalue weighted by Gasteiger charge is 2.21. The number of aryl methyl sites for hydroxylation is 1. The quantitative estimate of drug-likeness (QED) is 0.765. The number of hydrogen-bond acceptors (Lipinski definition) is 2. The van der Waals surface area contributed by atoms with Gasteiger partial charge in [0.1, 0.15) is 5.82 Å². The number of nitrogens with zero attached hydrogens (tertiary/aromatic N) is 2. The zero-order valence-corrected chi connectivity index (χ0v) is 9.03. The molecule has 1 heterocycles. The molecule has 0 amide bonds. The molecule has 1 unspecified atom stereocenters. The lowest BCUT2D eigenvalue weighted by molar-refractivity contribution is 0.493. The lowest BCUT2D eigenvalue weighted by Gasteiger charge is -2.11. The van der Waals surface area contributed by atoms with Gasteiger partial charge in [0.05, 0.1) is 0 Å². The Morgan fingerprint density at radius 1 is 1.64 bits per heavy atom.